The van der Waals surface area contributed by atoms with Crippen molar-refractivity contribution in [2.75, 3.05) is 6.61 Å². The molecule has 10 nitrogen and oxygen atoms in total. The largest absolute Gasteiger partial charge is 0.486 e. The molecule has 0 radical (unpaired) electrons. The number of amides is 1. The Balaban J connectivity index is 1.88. The van der Waals surface area contributed by atoms with Crippen molar-refractivity contribution in [3.63, 3.8) is 0 Å². The number of hydrogen-bond donors (Lipinski definition) is 4. The quantitative estimate of drug-likeness (QED) is 0.425. The minimum atomic E-state index is -1.39. The lowest BCUT2D eigenvalue weighted by Gasteiger charge is -2.42. The van der Waals surface area contributed by atoms with Crippen LogP contribution in [0.3, 0.4) is 0 Å². The summed E-state index contributed by atoms with van der Waals surface area (Å²) < 4.78 is 15.2. The molecule has 0 aliphatic carbocycles. The predicted molar refractivity (Wildman–Crippen MR) is 127 cm³/mol. The zero-order chi connectivity index (χ0) is 25.2. The summed E-state index contributed by atoms with van der Waals surface area (Å²) in [6, 6.07) is 6.83. The maximum Gasteiger partial charge on any atom is 0.217 e. The van der Waals surface area contributed by atoms with Gasteiger partial charge < -0.3 is 34.7 Å². The van der Waals surface area contributed by atoms with Gasteiger partial charge in [0.15, 0.2) is 16.8 Å². The molecule has 0 unspecified atom stereocenters. The summed E-state index contributed by atoms with van der Waals surface area (Å²) in [5.41, 5.74) is 1.23. The van der Waals surface area contributed by atoms with Crippen LogP contribution in [-0.2, 0) is 28.1 Å². The highest BCUT2D eigenvalue weighted by Crippen LogP contribution is 2.29. The van der Waals surface area contributed by atoms with Gasteiger partial charge in [0.1, 0.15) is 36.7 Å². The molecule has 2 aromatic rings. The average Bonchev–Trinajstić information content (AvgIpc) is 3.10. The molecule has 0 spiro atoms. The Labute approximate surface area is 204 Å². The number of benzene rings is 1. The van der Waals surface area contributed by atoms with Gasteiger partial charge in [-0.15, -0.1) is 0 Å². The Kier molecular flexibility index (Phi) is 8.14. The van der Waals surface area contributed by atoms with Crippen LogP contribution in [0.4, 0.5) is 0 Å². The fourth-order valence-electron chi connectivity index (χ4n) is 3.94. The third-order valence-electron chi connectivity index (χ3n) is 5.88. The van der Waals surface area contributed by atoms with E-state index < -0.39 is 43.1 Å². The van der Waals surface area contributed by atoms with Crippen LogP contribution in [0.1, 0.15) is 52.2 Å². The van der Waals surface area contributed by atoms with Crippen LogP contribution >= 0.6 is 12.2 Å². The highest BCUT2D eigenvalue weighted by molar-refractivity contribution is 7.71. The Morgan fingerprint density at radius 3 is 2.41 bits per heavy atom. The minimum Gasteiger partial charge on any atom is -0.486 e. The lowest BCUT2D eigenvalue weighted by molar-refractivity contribution is -0.219. The first-order valence-corrected chi connectivity index (χ1v) is 11.7. The molecule has 0 bridgehead atoms. The van der Waals surface area contributed by atoms with E-state index in [9.17, 15) is 20.1 Å². The van der Waals surface area contributed by atoms with Gasteiger partial charge in [0.2, 0.25) is 5.91 Å². The molecule has 4 N–H and O–H groups in total. The Bertz CT molecular complexity index is 1050. The molecule has 1 fully saturated rings. The molecule has 3 rings (SSSR count). The van der Waals surface area contributed by atoms with E-state index in [1.54, 1.807) is 4.57 Å². The van der Waals surface area contributed by atoms with E-state index in [1.165, 1.54) is 17.2 Å². The average molecular weight is 495 g/mol. The lowest BCUT2D eigenvalue weighted by Crippen LogP contribution is -2.62. The maximum absolute atomic E-state index is 11.8. The third kappa shape index (κ3) is 5.49. The standard InChI is InChI=1S/C23H34N4O6S/c1-6-26-17(12-32-15-9-7-14(8-10-15)23(3,4)5)25-27(22(26)34)21-18(24-13(2)29)20(31)19(30)16(11-28)33-21/h7-10,16,18-21,28,30-31H,6,11-12H2,1-5H3,(H,24,29)/t16-,18-,19-,20-,21-/m1/s1. The Morgan fingerprint density at radius 2 is 1.88 bits per heavy atom. The minimum absolute atomic E-state index is 0.0365. The Morgan fingerprint density at radius 1 is 1.24 bits per heavy atom. The van der Waals surface area contributed by atoms with E-state index in [2.05, 4.69) is 31.2 Å². The smallest absolute Gasteiger partial charge is 0.217 e. The van der Waals surface area contributed by atoms with Gasteiger partial charge in [-0.05, 0) is 42.3 Å². The van der Waals surface area contributed by atoms with Crippen LogP contribution in [0, 0.1) is 4.77 Å². The van der Waals surface area contributed by atoms with Crippen molar-refractivity contribution in [2.45, 2.75) is 83.8 Å². The number of aliphatic hydroxyl groups is 3. The van der Waals surface area contributed by atoms with Gasteiger partial charge in [0.25, 0.3) is 0 Å². The molecule has 1 aliphatic heterocycles. The molecule has 11 heteroatoms. The molecule has 0 saturated carbocycles. The van der Waals surface area contributed by atoms with E-state index in [0.29, 0.717) is 22.9 Å². The van der Waals surface area contributed by atoms with Crippen LogP contribution in [0.15, 0.2) is 24.3 Å². The number of aliphatic hydroxyl groups excluding tert-OH is 3. The fraction of sp³-hybridized carbons (Fsp3) is 0.609. The molecule has 1 saturated heterocycles. The summed E-state index contributed by atoms with van der Waals surface area (Å²) >= 11 is 5.60. The van der Waals surface area contributed by atoms with Gasteiger partial charge in [0.05, 0.1) is 6.61 Å². The van der Waals surface area contributed by atoms with E-state index in [1.807, 2.05) is 31.2 Å². The van der Waals surface area contributed by atoms with Gasteiger partial charge in [0, 0.05) is 13.5 Å². The third-order valence-corrected chi connectivity index (χ3v) is 6.28. The van der Waals surface area contributed by atoms with Crippen molar-refractivity contribution < 1.29 is 29.6 Å². The van der Waals surface area contributed by atoms with E-state index >= 15 is 0 Å². The van der Waals surface area contributed by atoms with Crippen molar-refractivity contribution in [3.05, 3.63) is 40.4 Å². The first kappa shape index (κ1) is 26.3. The molecule has 34 heavy (non-hydrogen) atoms. The molecule has 2 heterocycles. The first-order chi connectivity index (χ1) is 16.0. The van der Waals surface area contributed by atoms with Crippen molar-refractivity contribution in [2.24, 2.45) is 0 Å². The van der Waals surface area contributed by atoms with Gasteiger partial charge in [-0.3, -0.25) is 4.79 Å². The second kappa shape index (κ2) is 10.5. The SMILES string of the molecule is CCn1c(COc2ccc(C(C)(C)C)cc2)nn([C@@H]2O[C@H](CO)[C@@H](O)[C@H](O)[C@H]2NC(C)=O)c1=S. The molecular formula is C23H34N4O6S. The molecule has 188 valence electrons. The summed E-state index contributed by atoms with van der Waals surface area (Å²) in [4.78, 5) is 11.8. The normalized spacial score (nSPS) is 25.2. The number of aromatic nitrogens is 3. The van der Waals surface area contributed by atoms with Crippen LogP contribution in [0.25, 0.3) is 0 Å². The number of nitrogens with one attached hydrogen (secondary N) is 1. The number of rotatable bonds is 7. The van der Waals surface area contributed by atoms with Crippen LogP contribution in [-0.4, -0.2) is 66.5 Å². The summed E-state index contributed by atoms with van der Waals surface area (Å²) in [6.07, 6.45) is -4.89. The zero-order valence-electron chi connectivity index (χ0n) is 20.1. The highest BCUT2D eigenvalue weighted by Gasteiger charge is 2.46. The summed E-state index contributed by atoms with van der Waals surface area (Å²) in [5, 5.41) is 37.7. The molecule has 1 aliphatic rings. The second-order valence-electron chi connectivity index (χ2n) is 9.41. The van der Waals surface area contributed by atoms with E-state index in [0.717, 1.165) is 0 Å². The second-order valence-corrected chi connectivity index (χ2v) is 9.77. The summed E-state index contributed by atoms with van der Waals surface area (Å²) in [6.45, 7) is 9.74. The number of carbonyl (C=O) groups is 1. The maximum atomic E-state index is 11.8. The van der Waals surface area contributed by atoms with Crippen molar-refractivity contribution >= 4 is 18.1 Å². The number of ether oxygens (including phenoxy) is 2. The van der Waals surface area contributed by atoms with Gasteiger partial charge >= 0.3 is 0 Å². The van der Waals surface area contributed by atoms with E-state index in [-0.39, 0.29) is 12.0 Å². The monoisotopic (exact) mass is 494 g/mol. The Hall–Kier alpha value is -2.31. The topological polar surface area (TPSA) is 131 Å². The predicted octanol–water partition coefficient (Wildman–Crippen LogP) is 1.43. The van der Waals surface area contributed by atoms with Gasteiger partial charge in [-0.1, -0.05) is 32.9 Å². The van der Waals surface area contributed by atoms with Crippen LogP contribution < -0.4 is 10.1 Å². The first-order valence-electron chi connectivity index (χ1n) is 11.3. The van der Waals surface area contributed by atoms with Crippen molar-refractivity contribution in [3.8, 4) is 5.75 Å². The number of carbonyl (C=O) groups excluding carboxylic acids is 1. The van der Waals surface area contributed by atoms with Crippen molar-refractivity contribution in [1.82, 2.24) is 19.7 Å². The van der Waals surface area contributed by atoms with E-state index in [4.69, 9.17) is 21.7 Å². The molecule has 1 aromatic carbocycles. The number of nitrogens with zero attached hydrogens (tertiary/aromatic N) is 3. The highest BCUT2D eigenvalue weighted by atomic mass is 32.1. The molecule has 1 aromatic heterocycles. The molecular weight excluding hydrogens is 460 g/mol. The van der Waals surface area contributed by atoms with Gasteiger partial charge in [-0.25, -0.2) is 4.68 Å². The number of hydrogen-bond acceptors (Lipinski definition) is 8. The molecule has 1 amide bonds. The van der Waals surface area contributed by atoms with Gasteiger partial charge in [-0.2, -0.15) is 5.10 Å². The summed E-state index contributed by atoms with van der Waals surface area (Å²) in [5.74, 6) is 0.787. The summed E-state index contributed by atoms with van der Waals surface area (Å²) in [7, 11) is 0. The van der Waals surface area contributed by atoms with Crippen LogP contribution in [0.2, 0.25) is 0 Å². The van der Waals surface area contributed by atoms with Crippen molar-refractivity contribution in [1.29, 1.82) is 0 Å². The molecule has 5 atom stereocenters. The lowest BCUT2D eigenvalue weighted by atomic mass is 9.87. The fourth-order valence-corrected chi connectivity index (χ4v) is 4.32. The zero-order valence-corrected chi connectivity index (χ0v) is 21.0. The van der Waals surface area contributed by atoms with Crippen LogP contribution in [0.5, 0.6) is 5.75 Å².